The second kappa shape index (κ2) is 13.4. The average Bonchev–Trinajstić information content (AvgIpc) is 2.72. The van der Waals surface area contributed by atoms with Crippen LogP contribution >= 0.6 is 0 Å². The molecule has 1 aliphatic carbocycles. The van der Waals surface area contributed by atoms with Crippen LogP contribution in [0.2, 0.25) is 0 Å². The first kappa shape index (κ1) is 29.5. The lowest BCUT2D eigenvalue weighted by molar-refractivity contribution is -0.150. The molecule has 0 saturated heterocycles. The Balaban J connectivity index is 2.56. The Morgan fingerprint density at radius 3 is 2.18 bits per heavy atom. The van der Waals surface area contributed by atoms with Gasteiger partial charge in [0.25, 0.3) is 0 Å². The number of carbonyl (C=O) groups excluding carboxylic acids is 4. The zero-order valence-corrected chi connectivity index (χ0v) is 21.7. The van der Waals surface area contributed by atoms with Crippen molar-refractivity contribution >= 4 is 24.1 Å². The Kier molecular flexibility index (Phi) is 11.6. The number of hydrogen-bond donors (Lipinski definition) is 2. The predicted molar refractivity (Wildman–Crippen MR) is 125 cm³/mol. The van der Waals surface area contributed by atoms with Crippen molar-refractivity contribution in [3.05, 3.63) is 0 Å². The van der Waals surface area contributed by atoms with Crippen molar-refractivity contribution in [3.63, 3.8) is 0 Å². The molecule has 2 N–H and O–H groups in total. The maximum absolute atomic E-state index is 12.5. The molecule has 0 heterocycles. The molecular formula is C24H42N2O8. The Hall–Kier alpha value is -2.52. The molecule has 1 aliphatic rings. The number of hydrogen-bond acceptors (Lipinski definition) is 8. The van der Waals surface area contributed by atoms with Gasteiger partial charge in [0.15, 0.2) is 0 Å². The molecule has 0 aromatic rings. The first-order valence-corrected chi connectivity index (χ1v) is 11.8. The third-order valence-corrected chi connectivity index (χ3v) is 5.99. The molecule has 0 aromatic heterocycles. The number of rotatable bonds is 11. The fourth-order valence-corrected chi connectivity index (χ4v) is 4.97. The first-order valence-electron chi connectivity index (χ1n) is 11.8. The van der Waals surface area contributed by atoms with Crippen molar-refractivity contribution in [1.82, 2.24) is 10.6 Å². The van der Waals surface area contributed by atoms with Gasteiger partial charge in [0.2, 0.25) is 0 Å². The van der Waals surface area contributed by atoms with Gasteiger partial charge < -0.3 is 29.6 Å². The Labute approximate surface area is 202 Å². The quantitative estimate of drug-likeness (QED) is 0.335. The van der Waals surface area contributed by atoms with Crippen LogP contribution in [0.15, 0.2) is 0 Å². The van der Waals surface area contributed by atoms with Crippen LogP contribution in [-0.2, 0) is 28.5 Å². The van der Waals surface area contributed by atoms with Crippen molar-refractivity contribution in [1.29, 1.82) is 0 Å². The zero-order chi connectivity index (χ0) is 25.9. The molecule has 0 bridgehead atoms. The van der Waals surface area contributed by atoms with Gasteiger partial charge in [-0.25, -0.2) is 9.59 Å². The fourth-order valence-electron chi connectivity index (χ4n) is 4.97. The van der Waals surface area contributed by atoms with Gasteiger partial charge in [-0.3, -0.25) is 9.59 Å². The number of ether oxygens (including phenoxy) is 4. The van der Waals surface area contributed by atoms with Crippen LogP contribution in [0.1, 0.15) is 73.1 Å². The van der Waals surface area contributed by atoms with E-state index in [0.717, 1.165) is 19.3 Å². The molecule has 196 valence electrons. The minimum atomic E-state index is -0.573. The molecule has 10 nitrogen and oxygen atoms in total. The Morgan fingerprint density at radius 1 is 0.882 bits per heavy atom. The number of esters is 2. The Morgan fingerprint density at radius 2 is 1.56 bits per heavy atom. The van der Waals surface area contributed by atoms with Gasteiger partial charge in [0, 0.05) is 19.4 Å². The van der Waals surface area contributed by atoms with Gasteiger partial charge in [-0.15, -0.1) is 0 Å². The molecule has 4 atom stereocenters. The summed E-state index contributed by atoms with van der Waals surface area (Å²) in [5, 5.41) is 5.37. The summed E-state index contributed by atoms with van der Waals surface area (Å²) in [6.45, 7) is 10.5. The van der Waals surface area contributed by atoms with E-state index in [1.165, 1.54) is 14.2 Å². The molecule has 0 aromatic carbocycles. The maximum atomic E-state index is 12.5. The molecule has 4 unspecified atom stereocenters. The molecule has 1 fully saturated rings. The highest BCUT2D eigenvalue weighted by Gasteiger charge is 2.42. The van der Waals surface area contributed by atoms with E-state index in [0.29, 0.717) is 13.0 Å². The minimum Gasteiger partial charge on any atom is -0.469 e. The van der Waals surface area contributed by atoms with Crippen LogP contribution in [0, 0.1) is 16.7 Å². The minimum absolute atomic E-state index is 0.00457. The van der Waals surface area contributed by atoms with E-state index in [1.54, 1.807) is 13.8 Å². The molecule has 1 saturated carbocycles. The van der Waals surface area contributed by atoms with E-state index < -0.39 is 24.4 Å². The predicted octanol–water partition coefficient (Wildman–Crippen LogP) is 3.56. The van der Waals surface area contributed by atoms with Gasteiger partial charge in [-0.2, -0.15) is 0 Å². The summed E-state index contributed by atoms with van der Waals surface area (Å²) >= 11 is 0. The van der Waals surface area contributed by atoms with Crippen molar-refractivity contribution in [2.24, 2.45) is 16.7 Å². The maximum Gasteiger partial charge on any atom is 0.407 e. The summed E-state index contributed by atoms with van der Waals surface area (Å²) in [6, 6.07) is 0. The van der Waals surface area contributed by atoms with E-state index in [1.807, 2.05) is 0 Å². The highest BCUT2D eigenvalue weighted by atomic mass is 16.6. The van der Waals surface area contributed by atoms with Crippen LogP contribution in [0.3, 0.4) is 0 Å². The van der Waals surface area contributed by atoms with Crippen molar-refractivity contribution in [2.75, 3.05) is 27.3 Å². The summed E-state index contributed by atoms with van der Waals surface area (Å²) in [6.07, 6.45) is 1.41. The first-order chi connectivity index (χ1) is 15.8. The van der Waals surface area contributed by atoms with E-state index in [-0.39, 0.29) is 48.1 Å². The molecular weight excluding hydrogens is 444 g/mol. The molecule has 1 rings (SSSR count). The number of carbonyl (C=O) groups is 4. The van der Waals surface area contributed by atoms with Crippen LogP contribution in [0.25, 0.3) is 0 Å². The summed E-state index contributed by atoms with van der Waals surface area (Å²) in [7, 11) is 2.59. The summed E-state index contributed by atoms with van der Waals surface area (Å²) in [5.41, 5.74) is -0.214. The van der Waals surface area contributed by atoms with Crippen molar-refractivity contribution in [3.8, 4) is 0 Å². The third kappa shape index (κ3) is 11.6. The third-order valence-electron chi connectivity index (χ3n) is 5.99. The van der Waals surface area contributed by atoms with Gasteiger partial charge in [-0.05, 0) is 56.3 Å². The molecule has 10 heteroatoms. The van der Waals surface area contributed by atoms with Gasteiger partial charge in [0.05, 0.1) is 20.8 Å². The van der Waals surface area contributed by atoms with Gasteiger partial charge in [0.1, 0.15) is 12.2 Å². The molecule has 0 radical (unpaired) electrons. The smallest absolute Gasteiger partial charge is 0.407 e. The number of nitrogens with one attached hydrogen (secondary N) is 2. The largest absolute Gasteiger partial charge is 0.469 e. The average molecular weight is 487 g/mol. The second-order valence-electron chi connectivity index (χ2n) is 10.5. The molecule has 0 aliphatic heterocycles. The van der Waals surface area contributed by atoms with E-state index in [4.69, 9.17) is 9.47 Å². The summed E-state index contributed by atoms with van der Waals surface area (Å²) in [5.74, 6) is -0.540. The molecule has 34 heavy (non-hydrogen) atoms. The second-order valence-corrected chi connectivity index (χ2v) is 10.5. The Bertz CT molecular complexity index is 711. The van der Waals surface area contributed by atoms with E-state index >= 15 is 0 Å². The van der Waals surface area contributed by atoms with Crippen LogP contribution in [0.5, 0.6) is 0 Å². The van der Waals surface area contributed by atoms with Gasteiger partial charge in [-0.1, -0.05) is 20.8 Å². The van der Waals surface area contributed by atoms with Gasteiger partial charge >= 0.3 is 24.1 Å². The van der Waals surface area contributed by atoms with Crippen LogP contribution in [0.4, 0.5) is 9.59 Å². The van der Waals surface area contributed by atoms with E-state index in [2.05, 4.69) is 40.9 Å². The normalized spacial score (nSPS) is 23.1. The molecule has 2 amide bonds. The van der Waals surface area contributed by atoms with Crippen molar-refractivity contribution < 1.29 is 38.1 Å². The summed E-state index contributed by atoms with van der Waals surface area (Å²) < 4.78 is 19.9. The van der Waals surface area contributed by atoms with E-state index in [9.17, 15) is 19.2 Å². The fraction of sp³-hybridized carbons (Fsp3) is 0.833. The SMILES string of the molecule is COC(=O)CCC(C)OC(=O)NCC1(C)CC(CC(=O)OC(C)CNC(=O)OC)CC(C)(C)C1. The molecule has 0 spiro atoms. The highest BCUT2D eigenvalue weighted by Crippen LogP contribution is 2.49. The van der Waals surface area contributed by atoms with Crippen LogP contribution in [-0.4, -0.2) is 63.6 Å². The standard InChI is InChI=1S/C24H42N2O8/c1-16(8-9-19(27)31-6)34-22(30)26-15-24(5)12-18(11-23(3,4)14-24)10-20(28)33-17(2)13-25-21(29)32-7/h16-18H,8-15H2,1-7H3,(H,25,29)(H,26,30). The van der Waals surface area contributed by atoms with Crippen molar-refractivity contribution in [2.45, 2.75) is 85.4 Å². The summed E-state index contributed by atoms with van der Waals surface area (Å²) in [4.78, 5) is 47.2. The monoisotopic (exact) mass is 486 g/mol. The number of alkyl carbamates (subject to hydrolysis) is 2. The topological polar surface area (TPSA) is 129 Å². The number of amides is 2. The lowest BCUT2D eigenvalue weighted by Gasteiger charge is -2.46. The van der Waals surface area contributed by atoms with Crippen LogP contribution < -0.4 is 10.6 Å². The lowest BCUT2D eigenvalue weighted by atomic mass is 9.60. The zero-order valence-electron chi connectivity index (χ0n) is 21.7. The highest BCUT2D eigenvalue weighted by molar-refractivity contribution is 5.70. The lowest BCUT2D eigenvalue weighted by Crippen LogP contribution is -2.44. The number of methoxy groups -OCH3 is 2.